The number of phenolic OH excluding ortho intramolecular Hbond substituents is 2. The summed E-state index contributed by atoms with van der Waals surface area (Å²) in [6.45, 7) is 0. The van der Waals surface area contributed by atoms with E-state index in [1.807, 2.05) is 12.1 Å². The fourth-order valence-electron chi connectivity index (χ4n) is 1.85. The maximum atomic E-state index is 9.57. The number of hydrogen-bond donors (Lipinski definition) is 3. The van der Waals surface area contributed by atoms with Gasteiger partial charge in [0.25, 0.3) is 0 Å². The number of aromatic hydroxyl groups is 2. The van der Waals surface area contributed by atoms with Crippen molar-refractivity contribution in [2.24, 2.45) is 0 Å². The number of hydrogen-bond acceptors (Lipinski definition) is 6. The van der Waals surface area contributed by atoms with Crippen LogP contribution in [0.2, 0.25) is 0 Å². The number of pyridine rings is 1. The molecule has 0 fully saturated rings. The average Bonchev–Trinajstić information content (AvgIpc) is 2.53. The number of nitrogens with zero attached hydrogens (tertiary/aromatic N) is 3. The predicted octanol–water partition coefficient (Wildman–Crippen LogP) is 3.46. The van der Waals surface area contributed by atoms with Gasteiger partial charge in [-0.15, -0.1) is 0 Å². The standard InChI is InChI=1S/C15H11BrN4O2/c16-10-2-4-14(17-7-10)20-15-6-11(18-8-19-15)9-1-3-12(21)13(22)5-9/h1-8,21-22H,(H,17,18,19,20). The summed E-state index contributed by atoms with van der Waals surface area (Å²) in [6.07, 6.45) is 3.10. The summed E-state index contributed by atoms with van der Waals surface area (Å²) < 4.78 is 0.890. The zero-order valence-corrected chi connectivity index (χ0v) is 12.8. The van der Waals surface area contributed by atoms with E-state index in [1.165, 1.54) is 18.5 Å². The first-order valence-corrected chi connectivity index (χ1v) is 7.14. The lowest BCUT2D eigenvalue weighted by molar-refractivity contribution is 0.404. The van der Waals surface area contributed by atoms with Crippen molar-refractivity contribution >= 4 is 27.6 Å². The average molecular weight is 359 g/mol. The summed E-state index contributed by atoms with van der Waals surface area (Å²) >= 11 is 3.33. The molecule has 0 saturated carbocycles. The molecule has 110 valence electrons. The Labute approximate surface area is 134 Å². The first-order chi connectivity index (χ1) is 10.6. The van der Waals surface area contributed by atoms with Crippen LogP contribution < -0.4 is 5.32 Å². The van der Waals surface area contributed by atoms with E-state index in [0.29, 0.717) is 22.9 Å². The molecule has 3 N–H and O–H groups in total. The largest absolute Gasteiger partial charge is 0.504 e. The van der Waals surface area contributed by atoms with Gasteiger partial charge in [-0.3, -0.25) is 0 Å². The molecule has 1 aromatic carbocycles. The van der Waals surface area contributed by atoms with E-state index in [4.69, 9.17) is 0 Å². The van der Waals surface area contributed by atoms with E-state index >= 15 is 0 Å². The first kappa shape index (κ1) is 14.3. The van der Waals surface area contributed by atoms with Gasteiger partial charge in [0.1, 0.15) is 18.0 Å². The zero-order valence-electron chi connectivity index (χ0n) is 11.2. The van der Waals surface area contributed by atoms with E-state index in [1.54, 1.807) is 18.3 Å². The van der Waals surface area contributed by atoms with Crippen LogP contribution in [0.4, 0.5) is 11.6 Å². The van der Waals surface area contributed by atoms with Gasteiger partial charge in [-0.1, -0.05) is 0 Å². The molecule has 0 spiro atoms. The summed E-state index contributed by atoms with van der Waals surface area (Å²) in [7, 11) is 0. The summed E-state index contributed by atoms with van der Waals surface area (Å²) in [6, 6.07) is 9.94. The molecule has 3 rings (SSSR count). The van der Waals surface area contributed by atoms with Crippen LogP contribution in [0.1, 0.15) is 0 Å². The van der Waals surface area contributed by atoms with Crippen LogP contribution in [0.5, 0.6) is 11.5 Å². The maximum Gasteiger partial charge on any atom is 0.158 e. The highest BCUT2D eigenvalue weighted by molar-refractivity contribution is 9.10. The third-order valence-electron chi connectivity index (χ3n) is 2.92. The molecule has 7 heteroatoms. The second-order valence-electron chi connectivity index (χ2n) is 4.48. The summed E-state index contributed by atoms with van der Waals surface area (Å²) in [5.74, 6) is 0.865. The fraction of sp³-hybridized carbons (Fsp3) is 0. The quantitative estimate of drug-likeness (QED) is 0.621. The number of benzene rings is 1. The van der Waals surface area contributed by atoms with Crippen LogP contribution in [0.3, 0.4) is 0 Å². The number of anilines is 2. The molecule has 0 unspecified atom stereocenters. The SMILES string of the molecule is Oc1ccc(-c2cc(Nc3ccc(Br)cn3)ncn2)cc1O. The van der Waals surface area contributed by atoms with Crippen molar-refractivity contribution in [2.45, 2.75) is 0 Å². The van der Waals surface area contributed by atoms with Crippen molar-refractivity contribution in [3.63, 3.8) is 0 Å². The predicted molar refractivity (Wildman–Crippen MR) is 86.0 cm³/mol. The summed E-state index contributed by atoms with van der Waals surface area (Å²) in [5.41, 5.74) is 1.29. The van der Waals surface area contributed by atoms with E-state index < -0.39 is 0 Å². The minimum absolute atomic E-state index is 0.171. The molecular weight excluding hydrogens is 348 g/mol. The molecule has 0 radical (unpaired) electrons. The minimum Gasteiger partial charge on any atom is -0.504 e. The molecule has 6 nitrogen and oxygen atoms in total. The number of nitrogens with one attached hydrogen (secondary N) is 1. The lowest BCUT2D eigenvalue weighted by atomic mass is 10.1. The second-order valence-corrected chi connectivity index (χ2v) is 5.39. The van der Waals surface area contributed by atoms with Gasteiger partial charge < -0.3 is 15.5 Å². The zero-order chi connectivity index (χ0) is 15.5. The minimum atomic E-state index is -0.194. The van der Waals surface area contributed by atoms with Crippen molar-refractivity contribution in [1.29, 1.82) is 0 Å². The Morgan fingerprint density at radius 1 is 0.864 bits per heavy atom. The third kappa shape index (κ3) is 3.15. The molecule has 0 aliphatic rings. The van der Waals surface area contributed by atoms with Gasteiger partial charge in [0, 0.05) is 22.3 Å². The van der Waals surface area contributed by atoms with Crippen LogP contribution >= 0.6 is 15.9 Å². The fourth-order valence-corrected chi connectivity index (χ4v) is 2.08. The summed E-state index contributed by atoms with van der Waals surface area (Å²) in [5, 5.41) is 22.0. The van der Waals surface area contributed by atoms with Crippen molar-refractivity contribution in [3.8, 4) is 22.8 Å². The highest BCUT2D eigenvalue weighted by atomic mass is 79.9. The maximum absolute atomic E-state index is 9.57. The van der Waals surface area contributed by atoms with Gasteiger partial charge in [0.05, 0.1) is 5.69 Å². The van der Waals surface area contributed by atoms with E-state index in [2.05, 4.69) is 36.2 Å². The Balaban J connectivity index is 1.88. The van der Waals surface area contributed by atoms with Gasteiger partial charge in [0.2, 0.25) is 0 Å². The Hall–Kier alpha value is -2.67. The normalized spacial score (nSPS) is 10.4. The van der Waals surface area contributed by atoms with Gasteiger partial charge in [-0.25, -0.2) is 15.0 Å². The smallest absolute Gasteiger partial charge is 0.158 e. The highest BCUT2D eigenvalue weighted by Crippen LogP contribution is 2.30. The van der Waals surface area contributed by atoms with Crippen LogP contribution in [0.15, 0.2) is 53.4 Å². The van der Waals surface area contributed by atoms with E-state index in [9.17, 15) is 10.2 Å². The summed E-state index contributed by atoms with van der Waals surface area (Å²) in [4.78, 5) is 12.5. The first-order valence-electron chi connectivity index (χ1n) is 6.35. The number of rotatable bonds is 3. The number of halogens is 1. The van der Waals surface area contributed by atoms with Crippen LogP contribution in [0.25, 0.3) is 11.3 Å². The number of aromatic nitrogens is 3. The lowest BCUT2D eigenvalue weighted by Gasteiger charge is -2.07. The molecule has 22 heavy (non-hydrogen) atoms. The molecular formula is C15H11BrN4O2. The number of phenols is 2. The Morgan fingerprint density at radius 2 is 1.73 bits per heavy atom. The Morgan fingerprint density at radius 3 is 2.45 bits per heavy atom. The molecule has 0 bridgehead atoms. The lowest BCUT2D eigenvalue weighted by Crippen LogP contribution is -1.97. The molecule has 0 amide bonds. The van der Waals surface area contributed by atoms with Gasteiger partial charge in [0.15, 0.2) is 11.5 Å². The van der Waals surface area contributed by atoms with E-state index in [0.717, 1.165) is 4.47 Å². The molecule has 0 atom stereocenters. The van der Waals surface area contributed by atoms with Gasteiger partial charge in [-0.2, -0.15) is 0 Å². The van der Waals surface area contributed by atoms with Crippen molar-refractivity contribution in [1.82, 2.24) is 15.0 Å². The molecule has 0 aliphatic carbocycles. The molecule has 2 heterocycles. The van der Waals surface area contributed by atoms with Crippen molar-refractivity contribution in [2.75, 3.05) is 5.32 Å². The van der Waals surface area contributed by atoms with Crippen LogP contribution in [-0.4, -0.2) is 25.2 Å². The second kappa shape index (κ2) is 5.98. The monoisotopic (exact) mass is 358 g/mol. The Kier molecular flexibility index (Phi) is 3.88. The molecule has 0 aliphatic heterocycles. The van der Waals surface area contributed by atoms with Crippen molar-refractivity contribution in [3.05, 3.63) is 53.4 Å². The van der Waals surface area contributed by atoms with E-state index in [-0.39, 0.29) is 11.5 Å². The van der Waals surface area contributed by atoms with Crippen LogP contribution in [0, 0.1) is 0 Å². The molecule has 3 aromatic rings. The van der Waals surface area contributed by atoms with Crippen molar-refractivity contribution < 1.29 is 10.2 Å². The molecule has 2 aromatic heterocycles. The van der Waals surface area contributed by atoms with Crippen LogP contribution in [-0.2, 0) is 0 Å². The third-order valence-corrected chi connectivity index (χ3v) is 3.39. The van der Waals surface area contributed by atoms with Gasteiger partial charge >= 0.3 is 0 Å². The van der Waals surface area contributed by atoms with Gasteiger partial charge in [-0.05, 0) is 46.3 Å². The topological polar surface area (TPSA) is 91.2 Å². The highest BCUT2D eigenvalue weighted by Gasteiger charge is 2.06. The Bertz CT molecular complexity index is 809. The molecule has 0 saturated heterocycles.